The molecule has 3 heterocycles. The third kappa shape index (κ3) is 7.45. The standard InChI is InChI=1S/C45H44N6O4/c1-45(2,3)55-44(54)48-24-23-47-38-27-37(28-11-6-4-7-12-28)49-36-20-17-31(26-34(36)38)42-50-41-39(51(42)32-14-8-5-9-15-32)21-18-33(43(52)53)40(41)30-16-19-35-29(25-30)13-10-22-46-35/h4,6-7,10-13,16-22,25-27,32H,5,8-9,14-15,23-24H2,1-3H3,(H,47,49)(H,48,54)(H,52,53). The minimum Gasteiger partial charge on any atom is -0.478 e. The fourth-order valence-electron chi connectivity index (χ4n) is 7.72. The normalized spacial score (nSPS) is 13.7. The number of rotatable bonds is 9. The third-order valence-corrected chi connectivity index (χ3v) is 10.2. The maximum Gasteiger partial charge on any atom is 0.407 e. The number of carboxylic acid groups (broad SMARTS) is 1. The number of carboxylic acids is 1. The van der Waals surface area contributed by atoms with Crippen LogP contribution in [-0.2, 0) is 4.74 Å². The van der Waals surface area contributed by atoms with Crippen molar-refractivity contribution in [2.75, 3.05) is 18.4 Å². The molecule has 4 aromatic carbocycles. The van der Waals surface area contributed by atoms with Gasteiger partial charge >= 0.3 is 12.1 Å². The number of benzene rings is 4. The van der Waals surface area contributed by atoms with Gasteiger partial charge in [0.1, 0.15) is 11.4 Å². The Hall–Kier alpha value is -6.29. The molecule has 0 saturated heterocycles. The number of ether oxygens (including phenoxy) is 1. The summed E-state index contributed by atoms with van der Waals surface area (Å²) in [5, 5.41) is 18.7. The highest BCUT2D eigenvalue weighted by atomic mass is 16.6. The molecule has 10 heteroatoms. The lowest BCUT2D eigenvalue weighted by atomic mass is 9.94. The Kier molecular flexibility index (Phi) is 9.65. The molecule has 7 aromatic rings. The van der Waals surface area contributed by atoms with E-state index in [1.165, 1.54) is 6.42 Å². The molecular weight excluding hydrogens is 689 g/mol. The number of fused-ring (bicyclic) bond motifs is 3. The summed E-state index contributed by atoms with van der Waals surface area (Å²) in [5.41, 5.74) is 7.83. The van der Waals surface area contributed by atoms with Crippen molar-refractivity contribution in [2.24, 2.45) is 0 Å². The lowest BCUT2D eigenvalue weighted by Crippen LogP contribution is -2.35. The van der Waals surface area contributed by atoms with Gasteiger partial charge < -0.3 is 25.0 Å². The zero-order valence-electron chi connectivity index (χ0n) is 31.3. The number of nitrogens with one attached hydrogen (secondary N) is 2. The Morgan fingerprint density at radius 1 is 0.818 bits per heavy atom. The van der Waals surface area contributed by atoms with Crippen LogP contribution in [0.15, 0.2) is 103 Å². The SMILES string of the molecule is CC(C)(C)OC(=O)NCCNc1cc(-c2ccccc2)nc2ccc(-c3nc4c(-c5ccc6ncccc6c5)c(C(=O)O)ccc4n3C3CCCCC3)cc12. The van der Waals surface area contributed by atoms with E-state index in [2.05, 4.69) is 32.3 Å². The fraction of sp³-hybridized carbons (Fsp3) is 0.267. The Labute approximate surface area is 319 Å². The molecule has 1 saturated carbocycles. The van der Waals surface area contributed by atoms with Crippen LogP contribution in [0.5, 0.6) is 0 Å². The number of amides is 1. The van der Waals surface area contributed by atoms with Gasteiger partial charge in [0.25, 0.3) is 0 Å². The molecule has 3 aromatic heterocycles. The van der Waals surface area contributed by atoms with Crippen LogP contribution in [0.1, 0.15) is 69.3 Å². The van der Waals surface area contributed by atoms with Crippen molar-refractivity contribution in [1.29, 1.82) is 0 Å². The van der Waals surface area contributed by atoms with E-state index in [1.807, 2.05) is 99.6 Å². The maximum absolute atomic E-state index is 12.8. The molecule has 0 unspecified atom stereocenters. The second kappa shape index (κ2) is 14.9. The molecule has 3 N–H and O–H groups in total. The van der Waals surface area contributed by atoms with E-state index in [4.69, 9.17) is 14.7 Å². The number of nitrogens with zero attached hydrogens (tertiary/aromatic N) is 4. The number of aromatic carboxylic acids is 1. The molecule has 0 bridgehead atoms. The molecule has 1 amide bonds. The van der Waals surface area contributed by atoms with Gasteiger partial charge in [-0.1, -0.05) is 61.7 Å². The first-order chi connectivity index (χ1) is 26.6. The van der Waals surface area contributed by atoms with Crippen molar-refractivity contribution in [3.63, 3.8) is 0 Å². The van der Waals surface area contributed by atoms with Crippen LogP contribution in [0, 0.1) is 0 Å². The lowest BCUT2D eigenvalue weighted by Gasteiger charge is -2.26. The van der Waals surface area contributed by atoms with Crippen LogP contribution in [0.25, 0.3) is 66.6 Å². The lowest BCUT2D eigenvalue weighted by molar-refractivity contribution is 0.0529. The highest BCUT2D eigenvalue weighted by molar-refractivity contribution is 6.07. The number of imidazole rings is 1. The molecule has 0 radical (unpaired) electrons. The summed E-state index contributed by atoms with van der Waals surface area (Å²) >= 11 is 0. The van der Waals surface area contributed by atoms with Crippen molar-refractivity contribution in [3.8, 4) is 33.8 Å². The van der Waals surface area contributed by atoms with Gasteiger partial charge in [0.05, 0.1) is 33.3 Å². The van der Waals surface area contributed by atoms with Crippen molar-refractivity contribution >= 4 is 50.6 Å². The quantitative estimate of drug-likeness (QED) is 0.125. The van der Waals surface area contributed by atoms with Crippen LogP contribution >= 0.6 is 0 Å². The number of carbonyl (C=O) groups excluding carboxylic acids is 1. The van der Waals surface area contributed by atoms with Crippen LogP contribution in [0.2, 0.25) is 0 Å². The van der Waals surface area contributed by atoms with Gasteiger partial charge in [0, 0.05) is 58.5 Å². The van der Waals surface area contributed by atoms with E-state index in [1.54, 1.807) is 12.3 Å². The molecule has 1 aliphatic carbocycles. The summed E-state index contributed by atoms with van der Waals surface area (Å²) in [7, 11) is 0. The summed E-state index contributed by atoms with van der Waals surface area (Å²) in [5.74, 6) is -0.209. The van der Waals surface area contributed by atoms with E-state index in [0.29, 0.717) is 24.2 Å². The van der Waals surface area contributed by atoms with Crippen LogP contribution in [-0.4, -0.2) is 55.4 Å². The topological polar surface area (TPSA) is 131 Å². The fourth-order valence-corrected chi connectivity index (χ4v) is 7.72. The molecular formula is C45H44N6O4. The number of hydrogen-bond acceptors (Lipinski definition) is 7. The highest BCUT2D eigenvalue weighted by Gasteiger charge is 2.27. The van der Waals surface area contributed by atoms with Gasteiger partial charge in [-0.3, -0.25) is 4.98 Å². The summed E-state index contributed by atoms with van der Waals surface area (Å²) in [6.07, 6.45) is 6.77. The van der Waals surface area contributed by atoms with E-state index in [-0.39, 0.29) is 11.6 Å². The minimum atomic E-state index is -1.00. The van der Waals surface area contributed by atoms with Gasteiger partial charge in [-0.25, -0.2) is 19.6 Å². The Morgan fingerprint density at radius 2 is 1.60 bits per heavy atom. The first-order valence-corrected chi connectivity index (χ1v) is 19.0. The van der Waals surface area contributed by atoms with Gasteiger partial charge in [0.15, 0.2) is 0 Å². The summed E-state index contributed by atoms with van der Waals surface area (Å²) in [6, 6.07) is 32.0. The van der Waals surface area contributed by atoms with Gasteiger partial charge in [-0.05, 0) is 93.8 Å². The molecule has 1 fully saturated rings. The molecule has 0 spiro atoms. The first-order valence-electron chi connectivity index (χ1n) is 19.0. The van der Waals surface area contributed by atoms with E-state index in [0.717, 1.165) is 86.9 Å². The Morgan fingerprint density at radius 3 is 2.38 bits per heavy atom. The van der Waals surface area contributed by atoms with Crippen molar-refractivity contribution in [3.05, 3.63) is 109 Å². The average molecular weight is 733 g/mol. The molecule has 0 aliphatic heterocycles. The predicted molar refractivity (Wildman–Crippen MR) is 218 cm³/mol. The predicted octanol–water partition coefficient (Wildman–Crippen LogP) is 10.3. The molecule has 1 aliphatic rings. The second-order valence-corrected chi connectivity index (χ2v) is 15.2. The van der Waals surface area contributed by atoms with E-state index < -0.39 is 17.7 Å². The van der Waals surface area contributed by atoms with Crippen molar-refractivity contribution in [1.82, 2.24) is 24.8 Å². The van der Waals surface area contributed by atoms with Gasteiger partial charge in [-0.2, -0.15) is 0 Å². The van der Waals surface area contributed by atoms with Crippen LogP contribution in [0.4, 0.5) is 10.5 Å². The molecule has 0 atom stereocenters. The van der Waals surface area contributed by atoms with E-state index in [9.17, 15) is 14.7 Å². The van der Waals surface area contributed by atoms with Crippen molar-refractivity contribution in [2.45, 2.75) is 64.5 Å². The zero-order valence-corrected chi connectivity index (χ0v) is 31.3. The Bertz CT molecular complexity index is 2550. The molecule has 55 heavy (non-hydrogen) atoms. The summed E-state index contributed by atoms with van der Waals surface area (Å²) in [4.78, 5) is 40.1. The van der Waals surface area contributed by atoms with Gasteiger partial charge in [0.2, 0.25) is 0 Å². The van der Waals surface area contributed by atoms with Crippen LogP contribution < -0.4 is 10.6 Å². The number of pyridine rings is 2. The molecule has 278 valence electrons. The maximum atomic E-state index is 12.8. The monoisotopic (exact) mass is 732 g/mol. The number of aromatic nitrogens is 4. The number of hydrogen-bond donors (Lipinski definition) is 3. The largest absolute Gasteiger partial charge is 0.478 e. The first kappa shape index (κ1) is 35.7. The highest BCUT2D eigenvalue weighted by Crippen LogP contribution is 2.41. The summed E-state index contributed by atoms with van der Waals surface area (Å²) in [6.45, 7) is 6.33. The van der Waals surface area contributed by atoms with Crippen molar-refractivity contribution < 1.29 is 19.4 Å². The second-order valence-electron chi connectivity index (χ2n) is 15.2. The number of carbonyl (C=O) groups is 2. The van der Waals surface area contributed by atoms with Gasteiger partial charge in [-0.15, -0.1) is 0 Å². The number of alkyl carbamates (subject to hydrolysis) is 1. The number of anilines is 1. The molecule has 10 nitrogen and oxygen atoms in total. The third-order valence-electron chi connectivity index (χ3n) is 10.2. The average Bonchev–Trinajstić information content (AvgIpc) is 3.58. The molecule has 8 rings (SSSR count). The Balaban J connectivity index is 1.27. The smallest absolute Gasteiger partial charge is 0.407 e. The van der Waals surface area contributed by atoms with Crippen LogP contribution in [0.3, 0.4) is 0 Å². The zero-order chi connectivity index (χ0) is 38.1. The summed E-state index contributed by atoms with van der Waals surface area (Å²) < 4.78 is 7.78. The minimum absolute atomic E-state index is 0.207. The van der Waals surface area contributed by atoms with E-state index >= 15 is 0 Å².